The van der Waals surface area contributed by atoms with Crippen molar-refractivity contribution in [1.82, 2.24) is 0 Å². The normalized spacial score (nSPS) is 11.2. The van der Waals surface area contributed by atoms with Crippen molar-refractivity contribution in [1.29, 1.82) is 0 Å². The van der Waals surface area contributed by atoms with Crippen LogP contribution in [0.4, 0.5) is 17.1 Å². The molecule has 6 aromatic rings. The van der Waals surface area contributed by atoms with Gasteiger partial charge in [-0.25, -0.2) is 0 Å². The first kappa shape index (κ1) is 19.4. The van der Waals surface area contributed by atoms with Gasteiger partial charge in [0.1, 0.15) is 11.2 Å². The van der Waals surface area contributed by atoms with Crippen LogP contribution in [0.2, 0.25) is 0 Å². The molecular weight excluding hydrogens is 402 g/mol. The molecule has 5 aromatic carbocycles. The van der Waals surface area contributed by atoms with Crippen LogP contribution in [-0.4, -0.2) is 0 Å². The van der Waals surface area contributed by atoms with Crippen molar-refractivity contribution in [3.63, 3.8) is 0 Å². The summed E-state index contributed by atoms with van der Waals surface area (Å²) in [7, 11) is 0. The van der Waals surface area contributed by atoms with Gasteiger partial charge in [-0.15, -0.1) is 0 Å². The zero-order chi connectivity index (χ0) is 22.2. The van der Waals surface area contributed by atoms with Gasteiger partial charge in [-0.1, -0.05) is 78.9 Å². The Morgan fingerprint density at radius 1 is 0.545 bits per heavy atom. The van der Waals surface area contributed by atoms with Crippen LogP contribution in [0.15, 0.2) is 126 Å². The van der Waals surface area contributed by atoms with Gasteiger partial charge in [0.2, 0.25) is 0 Å². The Kier molecular flexibility index (Phi) is 4.70. The van der Waals surface area contributed by atoms with Gasteiger partial charge < -0.3 is 9.32 Å². The molecule has 2 nitrogen and oxygen atoms in total. The number of anilines is 3. The summed E-state index contributed by atoms with van der Waals surface area (Å²) in [6.07, 6.45) is 0. The number of nitrogens with zero attached hydrogens (tertiary/aromatic N) is 1. The molecule has 158 valence electrons. The van der Waals surface area contributed by atoms with Gasteiger partial charge in [0.15, 0.2) is 0 Å². The average Bonchev–Trinajstić information content (AvgIpc) is 3.24. The number of fused-ring (bicyclic) bond motifs is 3. The highest BCUT2D eigenvalue weighted by atomic mass is 16.3. The van der Waals surface area contributed by atoms with E-state index in [9.17, 15) is 0 Å². The summed E-state index contributed by atoms with van der Waals surface area (Å²) in [6, 6.07) is 42.4. The van der Waals surface area contributed by atoms with Crippen molar-refractivity contribution >= 4 is 39.0 Å². The second kappa shape index (κ2) is 7.99. The van der Waals surface area contributed by atoms with Gasteiger partial charge >= 0.3 is 0 Å². The molecule has 1 heterocycles. The number of hydrogen-bond acceptors (Lipinski definition) is 2. The first-order valence-corrected chi connectivity index (χ1v) is 11.2. The Balaban J connectivity index is 1.46. The highest BCUT2D eigenvalue weighted by Gasteiger charge is 2.14. The molecule has 0 spiro atoms. The van der Waals surface area contributed by atoms with Crippen molar-refractivity contribution in [3.05, 3.63) is 127 Å². The van der Waals surface area contributed by atoms with Gasteiger partial charge in [0.05, 0.1) is 0 Å². The molecule has 0 N–H and O–H groups in total. The first-order chi connectivity index (χ1) is 16.3. The molecule has 6 rings (SSSR count). The SMILES string of the molecule is Cc1cccc(N(c2ccccc2)c2ccc(-c3cccc4c3oc3ccccc34)cc2)c1. The van der Waals surface area contributed by atoms with Gasteiger partial charge in [-0.3, -0.25) is 0 Å². The lowest BCUT2D eigenvalue weighted by Crippen LogP contribution is -2.09. The van der Waals surface area contributed by atoms with Crippen LogP contribution in [-0.2, 0) is 0 Å². The Hall–Kier alpha value is -4.30. The van der Waals surface area contributed by atoms with E-state index in [-0.39, 0.29) is 0 Å². The van der Waals surface area contributed by atoms with Crippen LogP contribution >= 0.6 is 0 Å². The maximum Gasteiger partial charge on any atom is 0.143 e. The Labute approximate surface area is 193 Å². The second-order valence-electron chi connectivity index (χ2n) is 8.34. The fourth-order valence-corrected chi connectivity index (χ4v) is 4.56. The molecule has 0 radical (unpaired) electrons. The zero-order valence-corrected chi connectivity index (χ0v) is 18.4. The van der Waals surface area contributed by atoms with Crippen LogP contribution < -0.4 is 4.90 Å². The van der Waals surface area contributed by atoms with E-state index in [0.717, 1.165) is 50.1 Å². The van der Waals surface area contributed by atoms with E-state index in [2.05, 4.69) is 121 Å². The van der Waals surface area contributed by atoms with E-state index in [1.165, 1.54) is 5.56 Å². The number of para-hydroxylation sites is 3. The second-order valence-corrected chi connectivity index (χ2v) is 8.34. The minimum Gasteiger partial charge on any atom is -0.455 e. The highest BCUT2D eigenvalue weighted by molar-refractivity contribution is 6.09. The molecule has 0 unspecified atom stereocenters. The lowest BCUT2D eigenvalue weighted by molar-refractivity contribution is 0.670. The minimum absolute atomic E-state index is 0.922. The quantitative estimate of drug-likeness (QED) is 0.280. The van der Waals surface area contributed by atoms with E-state index in [1.54, 1.807) is 0 Å². The number of aryl methyl sites for hydroxylation is 1. The van der Waals surface area contributed by atoms with Crippen LogP contribution in [0.1, 0.15) is 5.56 Å². The summed E-state index contributed by atoms with van der Waals surface area (Å²) in [5.74, 6) is 0. The standard InChI is InChI=1S/C31H23NO/c1-22-9-7-12-26(21-22)32(24-10-3-2-4-11-24)25-19-17-23(18-20-25)27-14-8-15-29-28-13-5-6-16-30(28)33-31(27)29/h2-21H,1H3. The van der Waals surface area contributed by atoms with Crippen molar-refractivity contribution in [2.24, 2.45) is 0 Å². The smallest absolute Gasteiger partial charge is 0.143 e. The highest BCUT2D eigenvalue weighted by Crippen LogP contribution is 2.38. The topological polar surface area (TPSA) is 16.4 Å². The lowest BCUT2D eigenvalue weighted by atomic mass is 10.0. The van der Waals surface area contributed by atoms with E-state index in [4.69, 9.17) is 4.42 Å². The average molecular weight is 426 g/mol. The zero-order valence-electron chi connectivity index (χ0n) is 18.4. The number of hydrogen-bond donors (Lipinski definition) is 0. The Morgan fingerprint density at radius 2 is 1.21 bits per heavy atom. The number of benzene rings is 5. The molecule has 0 aliphatic carbocycles. The van der Waals surface area contributed by atoms with Crippen LogP contribution in [0.5, 0.6) is 0 Å². The number of rotatable bonds is 4. The summed E-state index contributed by atoms with van der Waals surface area (Å²) in [5.41, 5.74) is 8.74. The monoisotopic (exact) mass is 425 g/mol. The van der Waals surface area contributed by atoms with Gasteiger partial charge in [0.25, 0.3) is 0 Å². The summed E-state index contributed by atoms with van der Waals surface area (Å²) < 4.78 is 6.26. The molecule has 0 aliphatic rings. The van der Waals surface area contributed by atoms with Crippen molar-refractivity contribution in [2.45, 2.75) is 6.92 Å². The lowest BCUT2D eigenvalue weighted by Gasteiger charge is -2.26. The van der Waals surface area contributed by atoms with Crippen LogP contribution in [0, 0.1) is 6.92 Å². The van der Waals surface area contributed by atoms with Gasteiger partial charge in [-0.05, 0) is 60.5 Å². The molecular formula is C31H23NO. The van der Waals surface area contributed by atoms with Crippen LogP contribution in [0.3, 0.4) is 0 Å². The fraction of sp³-hybridized carbons (Fsp3) is 0.0323. The summed E-state index contributed by atoms with van der Waals surface area (Å²) in [6.45, 7) is 2.13. The predicted octanol–water partition coefficient (Wildman–Crippen LogP) is 9.03. The molecule has 0 atom stereocenters. The molecule has 0 bridgehead atoms. The summed E-state index contributed by atoms with van der Waals surface area (Å²) in [5, 5.41) is 2.30. The van der Waals surface area contributed by atoms with Crippen LogP contribution in [0.25, 0.3) is 33.1 Å². The fourth-order valence-electron chi connectivity index (χ4n) is 4.56. The molecule has 0 aliphatic heterocycles. The molecule has 0 fully saturated rings. The molecule has 0 amide bonds. The third-order valence-corrected chi connectivity index (χ3v) is 6.12. The van der Waals surface area contributed by atoms with Gasteiger partial charge in [0, 0.05) is 33.4 Å². The van der Waals surface area contributed by atoms with Crippen molar-refractivity contribution < 1.29 is 4.42 Å². The molecule has 1 aromatic heterocycles. The largest absolute Gasteiger partial charge is 0.455 e. The predicted molar refractivity (Wildman–Crippen MR) is 139 cm³/mol. The minimum atomic E-state index is 0.922. The Bertz CT molecular complexity index is 1560. The Morgan fingerprint density at radius 3 is 2.03 bits per heavy atom. The van der Waals surface area contributed by atoms with Crippen molar-refractivity contribution in [3.8, 4) is 11.1 Å². The maximum absolute atomic E-state index is 6.26. The molecule has 33 heavy (non-hydrogen) atoms. The first-order valence-electron chi connectivity index (χ1n) is 11.2. The molecule has 0 saturated carbocycles. The van der Waals surface area contributed by atoms with E-state index in [1.807, 2.05) is 12.1 Å². The van der Waals surface area contributed by atoms with E-state index >= 15 is 0 Å². The molecule has 2 heteroatoms. The summed E-state index contributed by atoms with van der Waals surface area (Å²) >= 11 is 0. The third kappa shape index (κ3) is 3.46. The van der Waals surface area contributed by atoms with Gasteiger partial charge in [-0.2, -0.15) is 0 Å². The van der Waals surface area contributed by atoms with Crippen molar-refractivity contribution in [2.75, 3.05) is 4.90 Å². The van der Waals surface area contributed by atoms with E-state index < -0.39 is 0 Å². The summed E-state index contributed by atoms with van der Waals surface area (Å²) in [4.78, 5) is 2.29. The maximum atomic E-state index is 6.26. The molecule has 0 saturated heterocycles. The van der Waals surface area contributed by atoms with E-state index in [0.29, 0.717) is 0 Å². The number of furan rings is 1. The third-order valence-electron chi connectivity index (χ3n) is 6.12.